The smallest absolute Gasteiger partial charge is 0.233 e. The fraction of sp³-hybridized carbons (Fsp3) is 0.227. The number of nitrogens with zero attached hydrogens (tertiary/aromatic N) is 1. The van der Waals surface area contributed by atoms with Crippen molar-refractivity contribution in [2.24, 2.45) is 0 Å². The zero-order valence-corrected chi connectivity index (χ0v) is 15.3. The lowest BCUT2D eigenvalue weighted by Gasteiger charge is -2.20. The molecule has 3 aromatic rings. The number of rotatable bonds is 8. The van der Waals surface area contributed by atoms with Crippen molar-refractivity contribution in [3.05, 3.63) is 84.1 Å². The number of benzene rings is 2. The molecular weight excluding hydrogens is 343 g/mol. The Balaban J connectivity index is 1.63. The Morgan fingerprint density at radius 2 is 1.89 bits per heavy atom. The van der Waals surface area contributed by atoms with Crippen LogP contribution in [0.25, 0.3) is 11.1 Å². The molecule has 0 spiro atoms. The topological polar surface area (TPSA) is 45.5 Å². The molecule has 0 aliphatic heterocycles. The van der Waals surface area contributed by atoms with Gasteiger partial charge >= 0.3 is 0 Å². The molecule has 5 heteroatoms. The highest BCUT2D eigenvalue weighted by molar-refractivity contribution is 5.77. The van der Waals surface area contributed by atoms with Gasteiger partial charge in [-0.3, -0.25) is 9.69 Å². The number of amides is 1. The zero-order valence-electron chi connectivity index (χ0n) is 15.3. The minimum absolute atomic E-state index is 0.0250. The number of carbonyl (C=O) groups excluding carboxylic acids is 1. The van der Waals surface area contributed by atoms with E-state index in [2.05, 4.69) is 10.2 Å². The molecule has 0 fully saturated rings. The lowest BCUT2D eigenvalue weighted by molar-refractivity contribution is -0.121. The lowest BCUT2D eigenvalue weighted by atomic mass is 10.0. The maximum absolute atomic E-state index is 13.4. The molecular formula is C22H23FN2O2. The third-order valence-electron chi connectivity index (χ3n) is 4.43. The van der Waals surface area contributed by atoms with Gasteiger partial charge < -0.3 is 9.73 Å². The first-order valence-corrected chi connectivity index (χ1v) is 8.94. The molecule has 0 saturated carbocycles. The average molecular weight is 366 g/mol. The van der Waals surface area contributed by atoms with E-state index in [0.717, 1.165) is 35.4 Å². The lowest BCUT2D eigenvalue weighted by Crippen LogP contribution is -2.36. The van der Waals surface area contributed by atoms with Crippen LogP contribution in [-0.4, -0.2) is 30.9 Å². The average Bonchev–Trinajstić information content (AvgIpc) is 3.19. The Morgan fingerprint density at radius 1 is 1.07 bits per heavy atom. The molecule has 1 aromatic heterocycles. The van der Waals surface area contributed by atoms with Crippen LogP contribution in [0.15, 0.2) is 71.3 Å². The van der Waals surface area contributed by atoms with Crippen molar-refractivity contribution in [1.29, 1.82) is 0 Å². The Bertz CT molecular complexity index is 860. The standard InChI is InChI=1S/C22H23FN2O2/c1-24-22(26)16-25(15-21-6-3-13-27-21)12-11-17-7-9-18(10-8-17)19-4-2-5-20(23)14-19/h2-10,13-14H,11-12,15-16H2,1H3,(H,24,26). The summed E-state index contributed by atoms with van der Waals surface area (Å²) in [4.78, 5) is 13.8. The highest BCUT2D eigenvalue weighted by Gasteiger charge is 2.12. The van der Waals surface area contributed by atoms with Crippen molar-refractivity contribution < 1.29 is 13.6 Å². The number of carbonyl (C=O) groups is 1. The van der Waals surface area contributed by atoms with Gasteiger partial charge in [-0.1, -0.05) is 36.4 Å². The number of halogens is 1. The van der Waals surface area contributed by atoms with E-state index in [1.165, 1.54) is 12.1 Å². The molecule has 0 bridgehead atoms. The number of likely N-dealkylation sites (N-methyl/N-ethyl adjacent to an activating group) is 1. The molecule has 0 atom stereocenters. The first-order chi connectivity index (χ1) is 13.1. The van der Waals surface area contributed by atoms with E-state index in [1.807, 2.05) is 42.5 Å². The summed E-state index contributed by atoms with van der Waals surface area (Å²) < 4.78 is 18.8. The summed E-state index contributed by atoms with van der Waals surface area (Å²) in [6, 6.07) is 18.4. The first kappa shape index (κ1) is 18.9. The van der Waals surface area contributed by atoms with Crippen LogP contribution < -0.4 is 5.32 Å². The van der Waals surface area contributed by atoms with Gasteiger partial charge in [0.25, 0.3) is 0 Å². The molecule has 0 unspecified atom stereocenters. The van der Waals surface area contributed by atoms with Gasteiger partial charge in [0.05, 0.1) is 19.4 Å². The predicted octanol–water partition coefficient (Wildman–Crippen LogP) is 3.88. The summed E-state index contributed by atoms with van der Waals surface area (Å²) in [6.45, 7) is 1.63. The summed E-state index contributed by atoms with van der Waals surface area (Å²) in [5, 5.41) is 2.66. The van der Waals surface area contributed by atoms with Gasteiger partial charge in [-0.25, -0.2) is 4.39 Å². The molecule has 0 aliphatic rings. The third-order valence-corrected chi connectivity index (χ3v) is 4.43. The van der Waals surface area contributed by atoms with Crippen LogP contribution >= 0.6 is 0 Å². The fourth-order valence-electron chi connectivity index (χ4n) is 2.94. The molecule has 3 rings (SSSR count). The van der Waals surface area contributed by atoms with Crippen LogP contribution in [0.5, 0.6) is 0 Å². The fourth-order valence-corrected chi connectivity index (χ4v) is 2.94. The van der Waals surface area contributed by atoms with Gasteiger partial charge in [0.1, 0.15) is 11.6 Å². The monoisotopic (exact) mass is 366 g/mol. The minimum atomic E-state index is -0.237. The Hall–Kier alpha value is -2.92. The molecule has 0 aliphatic carbocycles. The van der Waals surface area contributed by atoms with Gasteiger partial charge in [-0.15, -0.1) is 0 Å². The number of furan rings is 1. The Kier molecular flexibility index (Phi) is 6.39. The highest BCUT2D eigenvalue weighted by atomic mass is 19.1. The van der Waals surface area contributed by atoms with Crippen molar-refractivity contribution in [2.75, 3.05) is 20.1 Å². The maximum atomic E-state index is 13.4. The molecule has 4 nitrogen and oxygen atoms in total. The van der Waals surface area contributed by atoms with E-state index in [0.29, 0.717) is 13.1 Å². The SMILES string of the molecule is CNC(=O)CN(CCc1ccc(-c2cccc(F)c2)cc1)Cc1ccco1. The molecule has 1 N–H and O–H groups in total. The molecule has 140 valence electrons. The molecule has 0 saturated heterocycles. The Labute approximate surface area is 158 Å². The molecule has 27 heavy (non-hydrogen) atoms. The predicted molar refractivity (Wildman–Crippen MR) is 104 cm³/mol. The normalized spacial score (nSPS) is 10.9. The summed E-state index contributed by atoms with van der Waals surface area (Å²) in [5.41, 5.74) is 3.01. The quantitative estimate of drug-likeness (QED) is 0.658. The highest BCUT2D eigenvalue weighted by Crippen LogP contribution is 2.21. The number of hydrogen-bond acceptors (Lipinski definition) is 3. The van der Waals surface area contributed by atoms with Crippen molar-refractivity contribution in [3.8, 4) is 11.1 Å². The summed E-state index contributed by atoms with van der Waals surface area (Å²) in [5.74, 6) is 0.572. The van der Waals surface area contributed by atoms with E-state index in [-0.39, 0.29) is 11.7 Å². The molecule has 1 heterocycles. The Morgan fingerprint density at radius 3 is 2.56 bits per heavy atom. The summed E-state index contributed by atoms with van der Waals surface area (Å²) in [7, 11) is 1.64. The van der Waals surface area contributed by atoms with Crippen LogP contribution in [0.2, 0.25) is 0 Å². The number of hydrogen-bond donors (Lipinski definition) is 1. The van der Waals surface area contributed by atoms with E-state index in [1.54, 1.807) is 19.4 Å². The van der Waals surface area contributed by atoms with Gasteiger partial charge in [0.15, 0.2) is 0 Å². The molecule has 0 radical (unpaired) electrons. The summed E-state index contributed by atoms with van der Waals surface area (Å²) >= 11 is 0. The van der Waals surface area contributed by atoms with Crippen LogP contribution in [-0.2, 0) is 17.8 Å². The van der Waals surface area contributed by atoms with Crippen molar-refractivity contribution >= 4 is 5.91 Å². The van der Waals surface area contributed by atoms with Crippen molar-refractivity contribution in [2.45, 2.75) is 13.0 Å². The second-order valence-electron chi connectivity index (χ2n) is 6.42. The van der Waals surface area contributed by atoms with Gasteiger partial charge in [-0.2, -0.15) is 0 Å². The maximum Gasteiger partial charge on any atom is 0.233 e. The minimum Gasteiger partial charge on any atom is -0.468 e. The third kappa shape index (κ3) is 5.53. The molecule has 1 amide bonds. The zero-order chi connectivity index (χ0) is 19.1. The van der Waals surface area contributed by atoms with E-state index in [4.69, 9.17) is 4.42 Å². The van der Waals surface area contributed by atoms with E-state index in [9.17, 15) is 9.18 Å². The van der Waals surface area contributed by atoms with Crippen LogP contribution in [0.1, 0.15) is 11.3 Å². The van der Waals surface area contributed by atoms with Crippen LogP contribution in [0.3, 0.4) is 0 Å². The second kappa shape index (κ2) is 9.14. The van der Waals surface area contributed by atoms with Crippen LogP contribution in [0, 0.1) is 5.82 Å². The largest absolute Gasteiger partial charge is 0.468 e. The van der Waals surface area contributed by atoms with E-state index >= 15 is 0 Å². The summed E-state index contributed by atoms with van der Waals surface area (Å²) in [6.07, 6.45) is 2.44. The van der Waals surface area contributed by atoms with Gasteiger partial charge in [-0.05, 0) is 47.4 Å². The van der Waals surface area contributed by atoms with E-state index < -0.39 is 0 Å². The van der Waals surface area contributed by atoms with Crippen molar-refractivity contribution in [3.63, 3.8) is 0 Å². The van der Waals surface area contributed by atoms with Crippen molar-refractivity contribution in [1.82, 2.24) is 10.2 Å². The first-order valence-electron chi connectivity index (χ1n) is 8.94. The number of nitrogens with one attached hydrogen (secondary N) is 1. The second-order valence-corrected chi connectivity index (χ2v) is 6.42. The molecule has 2 aromatic carbocycles. The van der Waals surface area contributed by atoms with Crippen LogP contribution in [0.4, 0.5) is 4.39 Å². The van der Waals surface area contributed by atoms with Gasteiger partial charge in [0, 0.05) is 13.6 Å². The van der Waals surface area contributed by atoms with Gasteiger partial charge in [0.2, 0.25) is 5.91 Å².